The maximum absolute atomic E-state index is 12.5. The van der Waals surface area contributed by atoms with Gasteiger partial charge in [-0.05, 0) is 32.3 Å². The first kappa shape index (κ1) is 16.2. The minimum Gasteiger partial charge on any atom is -0.378 e. The molecule has 1 aromatic rings. The zero-order chi connectivity index (χ0) is 16.4. The molecule has 2 aliphatic carbocycles. The van der Waals surface area contributed by atoms with Crippen LogP contribution < -0.4 is 10.9 Å². The number of rotatable bonds is 4. The molecule has 0 bridgehead atoms. The predicted molar refractivity (Wildman–Crippen MR) is 88.5 cm³/mol. The van der Waals surface area contributed by atoms with Gasteiger partial charge in [-0.2, -0.15) is 0 Å². The molecule has 2 saturated carbocycles. The van der Waals surface area contributed by atoms with Crippen molar-refractivity contribution in [2.24, 2.45) is 12.5 Å². The van der Waals surface area contributed by atoms with Crippen molar-refractivity contribution in [2.45, 2.75) is 57.6 Å². The van der Waals surface area contributed by atoms with E-state index in [2.05, 4.69) is 5.32 Å². The second-order valence-electron chi connectivity index (χ2n) is 6.87. The van der Waals surface area contributed by atoms with Crippen LogP contribution in [0.25, 0.3) is 0 Å². The SMILES string of the molecule is CCO[C@@H]1C[C@@H](NC(=O)c2ccc(=O)n(C)c2)C12CCCCC2. The van der Waals surface area contributed by atoms with Gasteiger partial charge in [-0.3, -0.25) is 9.59 Å². The van der Waals surface area contributed by atoms with E-state index in [0.717, 1.165) is 25.9 Å². The molecule has 0 aliphatic heterocycles. The molecule has 1 N–H and O–H groups in total. The van der Waals surface area contributed by atoms with Crippen molar-refractivity contribution in [1.82, 2.24) is 9.88 Å². The molecule has 1 heterocycles. The summed E-state index contributed by atoms with van der Waals surface area (Å²) < 4.78 is 7.37. The second kappa shape index (κ2) is 6.48. The van der Waals surface area contributed by atoms with Gasteiger partial charge in [-0.15, -0.1) is 0 Å². The van der Waals surface area contributed by atoms with E-state index < -0.39 is 0 Å². The van der Waals surface area contributed by atoms with Crippen molar-refractivity contribution in [1.29, 1.82) is 0 Å². The molecule has 0 unspecified atom stereocenters. The third-order valence-corrected chi connectivity index (χ3v) is 5.59. The summed E-state index contributed by atoms with van der Waals surface area (Å²) in [5.74, 6) is -0.0921. The van der Waals surface area contributed by atoms with Crippen LogP contribution in [-0.4, -0.2) is 29.2 Å². The topological polar surface area (TPSA) is 60.3 Å². The molecule has 126 valence electrons. The van der Waals surface area contributed by atoms with E-state index in [0.29, 0.717) is 5.56 Å². The highest BCUT2D eigenvalue weighted by Crippen LogP contribution is 2.53. The average Bonchev–Trinajstić information content (AvgIpc) is 2.57. The normalized spacial score (nSPS) is 25.8. The number of ether oxygens (including phenoxy) is 1. The quantitative estimate of drug-likeness (QED) is 0.926. The van der Waals surface area contributed by atoms with Crippen LogP contribution in [0.1, 0.15) is 55.8 Å². The van der Waals surface area contributed by atoms with Crippen molar-refractivity contribution in [2.75, 3.05) is 6.61 Å². The number of aryl methyl sites for hydroxylation is 1. The number of nitrogens with one attached hydrogen (secondary N) is 1. The maximum atomic E-state index is 12.5. The highest BCUT2D eigenvalue weighted by molar-refractivity contribution is 5.94. The molecular weight excluding hydrogens is 292 g/mol. The zero-order valence-electron chi connectivity index (χ0n) is 14.0. The number of carbonyl (C=O) groups is 1. The number of carbonyl (C=O) groups excluding carboxylic acids is 1. The van der Waals surface area contributed by atoms with Gasteiger partial charge in [0.2, 0.25) is 5.56 Å². The molecule has 23 heavy (non-hydrogen) atoms. The number of hydrogen-bond donors (Lipinski definition) is 1. The molecule has 2 aliphatic rings. The lowest BCUT2D eigenvalue weighted by Crippen LogP contribution is -2.65. The fraction of sp³-hybridized carbons (Fsp3) is 0.667. The van der Waals surface area contributed by atoms with E-state index in [1.807, 2.05) is 6.92 Å². The average molecular weight is 318 g/mol. The number of hydrogen-bond acceptors (Lipinski definition) is 3. The van der Waals surface area contributed by atoms with Crippen molar-refractivity contribution >= 4 is 5.91 Å². The van der Waals surface area contributed by atoms with Crippen molar-refractivity contribution < 1.29 is 9.53 Å². The molecule has 2 atom stereocenters. The van der Waals surface area contributed by atoms with Gasteiger partial charge in [0, 0.05) is 37.4 Å². The van der Waals surface area contributed by atoms with Crippen LogP contribution in [0.5, 0.6) is 0 Å². The van der Waals surface area contributed by atoms with Crippen LogP contribution in [0, 0.1) is 5.41 Å². The van der Waals surface area contributed by atoms with Crippen LogP contribution >= 0.6 is 0 Å². The largest absolute Gasteiger partial charge is 0.378 e. The van der Waals surface area contributed by atoms with Gasteiger partial charge in [0.15, 0.2) is 0 Å². The van der Waals surface area contributed by atoms with Crippen molar-refractivity contribution in [3.63, 3.8) is 0 Å². The molecule has 3 rings (SSSR count). The molecule has 0 saturated heterocycles. The van der Waals surface area contributed by atoms with Crippen molar-refractivity contribution in [3.05, 3.63) is 34.2 Å². The number of nitrogens with zero attached hydrogens (tertiary/aromatic N) is 1. The summed E-state index contributed by atoms with van der Waals surface area (Å²) in [7, 11) is 1.66. The Hall–Kier alpha value is -1.62. The first-order valence-electron chi connectivity index (χ1n) is 8.66. The number of amides is 1. The van der Waals surface area contributed by atoms with Crippen LogP contribution in [0.2, 0.25) is 0 Å². The number of pyridine rings is 1. The first-order valence-corrected chi connectivity index (χ1v) is 8.66. The zero-order valence-corrected chi connectivity index (χ0v) is 14.0. The summed E-state index contributed by atoms with van der Waals surface area (Å²) in [6, 6.07) is 3.22. The Morgan fingerprint density at radius 2 is 2.09 bits per heavy atom. The van der Waals surface area contributed by atoms with E-state index in [1.54, 1.807) is 19.3 Å². The summed E-state index contributed by atoms with van der Waals surface area (Å²) in [5.41, 5.74) is 0.549. The molecule has 0 radical (unpaired) electrons. The third-order valence-electron chi connectivity index (χ3n) is 5.59. The third kappa shape index (κ3) is 2.94. The Labute approximate surface area is 137 Å². The second-order valence-corrected chi connectivity index (χ2v) is 6.87. The molecule has 1 spiro atoms. The smallest absolute Gasteiger partial charge is 0.253 e. The van der Waals surface area contributed by atoms with E-state index >= 15 is 0 Å². The predicted octanol–water partition coefficient (Wildman–Crippen LogP) is 2.24. The molecular formula is C18H26N2O3. The highest BCUT2D eigenvalue weighted by Gasteiger charge is 2.56. The summed E-state index contributed by atoms with van der Waals surface area (Å²) in [6.07, 6.45) is 8.76. The monoisotopic (exact) mass is 318 g/mol. The molecule has 2 fully saturated rings. The van der Waals surface area contributed by atoms with Gasteiger partial charge in [-0.1, -0.05) is 19.3 Å². The van der Waals surface area contributed by atoms with Crippen LogP contribution in [0.15, 0.2) is 23.1 Å². The maximum Gasteiger partial charge on any atom is 0.253 e. The Kier molecular flexibility index (Phi) is 4.57. The molecule has 1 aromatic heterocycles. The summed E-state index contributed by atoms with van der Waals surface area (Å²) >= 11 is 0. The van der Waals surface area contributed by atoms with E-state index in [9.17, 15) is 9.59 Å². The minimum absolute atomic E-state index is 0.0921. The Balaban J connectivity index is 1.72. The van der Waals surface area contributed by atoms with Crippen molar-refractivity contribution in [3.8, 4) is 0 Å². The van der Waals surface area contributed by atoms with Gasteiger partial charge < -0.3 is 14.6 Å². The lowest BCUT2D eigenvalue weighted by Gasteiger charge is -2.57. The van der Waals surface area contributed by atoms with Gasteiger partial charge in [-0.25, -0.2) is 0 Å². The van der Waals surface area contributed by atoms with Crippen LogP contribution in [0.3, 0.4) is 0 Å². The highest BCUT2D eigenvalue weighted by atomic mass is 16.5. The fourth-order valence-electron chi connectivity index (χ4n) is 4.24. The van der Waals surface area contributed by atoms with Gasteiger partial charge in [0.05, 0.1) is 11.7 Å². The fourth-order valence-corrected chi connectivity index (χ4v) is 4.24. The number of aromatic nitrogens is 1. The summed E-state index contributed by atoms with van der Waals surface area (Å²) in [6.45, 7) is 2.76. The van der Waals surface area contributed by atoms with E-state index in [4.69, 9.17) is 4.74 Å². The van der Waals surface area contributed by atoms with Gasteiger partial charge in [0.1, 0.15) is 0 Å². The molecule has 1 amide bonds. The standard InChI is InChI=1S/C18H26N2O3/c1-3-23-15-11-14(18(15)9-5-4-6-10-18)19-17(22)13-7-8-16(21)20(2)12-13/h7-8,12,14-15H,3-6,9-11H2,1-2H3,(H,19,22)/t14-,15-/m1/s1. The Morgan fingerprint density at radius 1 is 1.35 bits per heavy atom. The van der Waals surface area contributed by atoms with Crippen LogP contribution in [0.4, 0.5) is 0 Å². The van der Waals surface area contributed by atoms with E-state index in [1.165, 1.54) is 29.9 Å². The molecule has 5 heteroatoms. The van der Waals surface area contributed by atoms with Crippen LogP contribution in [-0.2, 0) is 11.8 Å². The minimum atomic E-state index is -0.106. The lowest BCUT2D eigenvalue weighted by atomic mass is 9.55. The Morgan fingerprint density at radius 3 is 2.74 bits per heavy atom. The van der Waals surface area contributed by atoms with E-state index in [-0.39, 0.29) is 29.0 Å². The summed E-state index contributed by atoms with van der Waals surface area (Å²) in [5, 5.41) is 3.19. The first-order chi connectivity index (χ1) is 11.1. The lowest BCUT2D eigenvalue weighted by molar-refractivity contribution is -0.146. The summed E-state index contributed by atoms with van der Waals surface area (Å²) in [4.78, 5) is 24.0. The molecule has 5 nitrogen and oxygen atoms in total. The molecule has 0 aromatic carbocycles. The van der Waals surface area contributed by atoms with Gasteiger partial charge >= 0.3 is 0 Å². The van der Waals surface area contributed by atoms with Gasteiger partial charge in [0.25, 0.3) is 5.91 Å². The Bertz CT molecular complexity index is 631.